The van der Waals surface area contributed by atoms with E-state index in [4.69, 9.17) is 53.7 Å². The summed E-state index contributed by atoms with van der Waals surface area (Å²) in [5, 5.41) is 45.6. The molecule has 0 spiro atoms. The van der Waals surface area contributed by atoms with Crippen LogP contribution in [0.2, 0.25) is 0 Å². The Labute approximate surface area is 544 Å². The minimum absolute atomic E-state index is 0.0147. The van der Waals surface area contributed by atoms with E-state index in [1.165, 1.54) is 19.3 Å². The largest absolute Gasteiger partial charge is 0.465 e. The Morgan fingerprint density at radius 3 is 1.67 bits per heavy atom. The summed E-state index contributed by atoms with van der Waals surface area (Å²) >= 11 is 0. The highest BCUT2D eigenvalue weighted by Crippen LogP contribution is 2.72. The molecule has 9 saturated heterocycles. The second-order valence-electron chi connectivity index (χ2n) is 34.3. The van der Waals surface area contributed by atoms with Gasteiger partial charge in [-0.2, -0.15) is 26.3 Å². The number of nitrogens with zero attached hydrogens (tertiary/aromatic N) is 5. The summed E-state index contributed by atoms with van der Waals surface area (Å²) in [5.74, 6) is 10.2. The van der Waals surface area contributed by atoms with Gasteiger partial charge in [0, 0.05) is 60.7 Å². The summed E-state index contributed by atoms with van der Waals surface area (Å²) in [6, 6.07) is 11.0. The van der Waals surface area contributed by atoms with Crippen molar-refractivity contribution < 1.29 is 71.5 Å². The van der Waals surface area contributed by atoms with Crippen molar-refractivity contribution in [2.45, 2.75) is 194 Å². The van der Waals surface area contributed by atoms with Crippen LogP contribution in [0.1, 0.15) is 153 Å². The Balaban J connectivity index is 0.0000000898. The predicted molar refractivity (Wildman–Crippen MR) is 319 cm³/mol. The molecule has 496 valence electrons. The van der Waals surface area contributed by atoms with Gasteiger partial charge in [0.25, 0.3) is 0 Å². The highest BCUT2D eigenvalue weighted by atomic mass is 16.6. The number of rotatable bonds is 0. The highest BCUT2D eigenvalue weighted by molar-refractivity contribution is 5.87. The van der Waals surface area contributed by atoms with Crippen LogP contribution in [0.3, 0.4) is 0 Å². The van der Waals surface area contributed by atoms with E-state index in [0.29, 0.717) is 90.5 Å². The molecule has 20 nitrogen and oxygen atoms in total. The number of esters is 7. The molecule has 14 bridgehead atoms. The third-order valence-corrected chi connectivity index (χ3v) is 31.5. The van der Waals surface area contributed by atoms with Gasteiger partial charge in [-0.05, 0) is 160 Å². The van der Waals surface area contributed by atoms with Gasteiger partial charge in [-0.1, -0.05) is 62.3 Å². The lowest BCUT2D eigenvalue weighted by molar-refractivity contribution is -0.152. The third-order valence-electron chi connectivity index (χ3n) is 31.5. The van der Waals surface area contributed by atoms with Gasteiger partial charge >= 0.3 is 41.8 Å². The van der Waals surface area contributed by atoms with Crippen molar-refractivity contribution in [1.82, 2.24) is 0 Å². The first kappa shape index (κ1) is 62.8. The Bertz CT molecular complexity index is 3530. The fourth-order valence-corrected chi connectivity index (χ4v) is 25.5. The summed E-state index contributed by atoms with van der Waals surface area (Å²) in [5.41, 5.74) is -4.60. The first-order chi connectivity index (χ1) is 44.0. The Hall–Kier alpha value is -6.30. The van der Waals surface area contributed by atoms with Crippen LogP contribution in [0.15, 0.2) is 0 Å². The first-order valence-electron chi connectivity index (χ1n) is 35.1. The van der Waals surface area contributed by atoms with Crippen LogP contribution in [-0.4, -0.2) is 96.2 Å². The van der Waals surface area contributed by atoms with Crippen molar-refractivity contribution in [3.63, 3.8) is 0 Å². The standard InChI is InChI=1S/3C11H13NO2.C11H16O2.C10H11NO2.C10H14O2.C9H9NO3/c1-6-8-7-3-10(6,2)4-11(7,5-12)9(13)14-8;1-6-7-3-8-10(6,2)14-9(13)11(8,4-7)5-12;1-6-7-3-8-10(6,2)9(13)14-11(8,4-7)5-12;1-5-6(2)8-3-7(5)9-4-13-11(12)10(8)9;1-5-6-2-7-8(5)9(12)13-10(7,3-6)4-11;1-5-2-6-3-7(5)8-4-12-10(11)9(6)8;1-4-5-2-9(3-10)7(12-5)6(4)13-8(9)11/h3*6-8H,3-4H2,1-2H3;5-10H,3-4H2,1-2H3;5-8H,2-3H2,1H3;5-9H,2-4H2,1H3;4-7H,2H2,1H3. The van der Waals surface area contributed by atoms with Gasteiger partial charge in [-0.3, -0.25) is 33.6 Å². The number of carbonyl (C=O) groups excluding carboxylic acids is 7. The minimum atomic E-state index is -0.970. The summed E-state index contributed by atoms with van der Waals surface area (Å²) in [6.07, 6.45) is 10.9. The van der Waals surface area contributed by atoms with Crippen molar-refractivity contribution in [3.05, 3.63) is 0 Å². The minimum Gasteiger partial charge on any atom is -0.465 e. The van der Waals surface area contributed by atoms with Crippen LogP contribution in [0.4, 0.5) is 0 Å². The van der Waals surface area contributed by atoms with Gasteiger partial charge < -0.3 is 37.9 Å². The van der Waals surface area contributed by atoms with Crippen LogP contribution in [-0.2, 0) is 71.5 Å². The smallest absolute Gasteiger partial charge is 0.329 e. The molecule has 12 aliphatic carbocycles. The second kappa shape index (κ2) is 20.4. The summed E-state index contributed by atoms with van der Waals surface area (Å²) in [7, 11) is 0. The van der Waals surface area contributed by atoms with Crippen LogP contribution in [0.25, 0.3) is 0 Å². The molecule has 0 amide bonds. The Morgan fingerprint density at radius 2 is 1.04 bits per heavy atom. The lowest BCUT2D eigenvalue weighted by atomic mass is 9.65. The number of carbonyl (C=O) groups is 7. The SMILES string of the molecule is CC1C(C)C2CC1C1COC(=O)C21.CC1C2CC3(C#N)C(=O)OC1C3O2.CC1C2CC3C(C#N)(C2)C(=O)OC13C.CC1C2CC3C(C#N)(C2)OC(=O)C13C.CC1C2CC3C1C(=O)OC3(C#N)C2.CC1C2OC(=O)C3(C#N)CC1(C)CC23.CC1CC2CC1C1COC(=O)C21. The lowest BCUT2D eigenvalue weighted by Crippen LogP contribution is -2.41. The number of ether oxygens (including phenoxy) is 8. The third kappa shape index (κ3) is 7.84. The number of hydrogen-bond acceptors (Lipinski definition) is 20. The molecule has 21 rings (SSSR count). The number of nitriles is 5. The van der Waals surface area contributed by atoms with Crippen LogP contribution < -0.4 is 0 Å². The van der Waals surface area contributed by atoms with Crippen LogP contribution in [0.5, 0.6) is 0 Å². The highest BCUT2D eigenvalue weighted by Gasteiger charge is 2.78. The Morgan fingerprint density at radius 1 is 0.430 bits per heavy atom. The average molecular weight is 1280 g/mol. The molecule has 36 unspecified atom stereocenters. The van der Waals surface area contributed by atoms with E-state index in [9.17, 15) is 44.1 Å². The van der Waals surface area contributed by atoms with Gasteiger partial charge in [0.15, 0.2) is 16.2 Å². The molecule has 0 N–H and O–H groups in total. The van der Waals surface area contributed by atoms with Crippen molar-refractivity contribution in [2.75, 3.05) is 13.2 Å². The molecule has 93 heavy (non-hydrogen) atoms. The van der Waals surface area contributed by atoms with Gasteiger partial charge in [-0.15, -0.1) is 0 Å². The van der Waals surface area contributed by atoms with Crippen molar-refractivity contribution >= 4 is 41.8 Å². The van der Waals surface area contributed by atoms with Crippen molar-refractivity contribution in [3.8, 4) is 30.3 Å². The molecule has 0 aromatic carbocycles. The Kier molecular flexibility index (Phi) is 13.8. The zero-order chi connectivity index (χ0) is 66.3. The van der Waals surface area contributed by atoms with Gasteiger partial charge in [0.2, 0.25) is 11.2 Å². The van der Waals surface area contributed by atoms with E-state index in [0.717, 1.165) is 81.1 Å². The van der Waals surface area contributed by atoms with Crippen molar-refractivity contribution in [2.24, 2.45) is 169 Å². The quantitative estimate of drug-likeness (QED) is 0.161. The van der Waals surface area contributed by atoms with Gasteiger partial charge in [0.05, 0.1) is 60.7 Å². The maximum Gasteiger partial charge on any atom is 0.329 e. The predicted octanol–water partition coefficient (Wildman–Crippen LogP) is 8.94. The fraction of sp³-hybridized carbons (Fsp3) is 0.836. The molecule has 12 saturated carbocycles. The summed E-state index contributed by atoms with van der Waals surface area (Å²) in [4.78, 5) is 81.0. The van der Waals surface area contributed by atoms with Gasteiger partial charge in [-0.25, -0.2) is 0 Å². The number of hydrogen-bond donors (Lipinski definition) is 0. The molecule has 0 aromatic heterocycles. The normalized spacial score (nSPS) is 57.6. The number of fused-ring (bicyclic) bond motifs is 15. The molecule has 9 heterocycles. The van der Waals surface area contributed by atoms with E-state index in [1.807, 2.05) is 20.8 Å². The second-order valence-corrected chi connectivity index (χ2v) is 34.3. The summed E-state index contributed by atoms with van der Waals surface area (Å²) in [6.45, 7) is 25.1. The summed E-state index contributed by atoms with van der Waals surface area (Å²) < 4.78 is 42.4. The molecule has 9 aliphatic heterocycles. The topological polar surface area (TPSA) is 312 Å². The zero-order valence-electron chi connectivity index (χ0n) is 55.4. The molecule has 0 aromatic rings. The van der Waals surface area contributed by atoms with E-state index in [1.54, 1.807) is 0 Å². The molecule has 36 atom stereocenters. The zero-order valence-corrected chi connectivity index (χ0v) is 55.4. The molecule has 20 heteroatoms. The average Bonchev–Trinajstić information content (AvgIpc) is 1.54. The number of cyclic esters (lactones) is 2. The molecular formula is C73H89N5O15. The van der Waals surface area contributed by atoms with E-state index in [-0.39, 0.29) is 124 Å². The molecule has 0 radical (unpaired) electrons. The van der Waals surface area contributed by atoms with E-state index < -0.39 is 27.4 Å². The van der Waals surface area contributed by atoms with Crippen LogP contribution >= 0.6 is 0 Å². The lowest BCUT2D eigenvalue weighted by Gasteiger charge is -2.34. The van der Waals surface area contributed by atoms with Crippen LogP contribution in [0, 0.1) is 226 Å². The van der Waals surface area contributed by atoms with Gasteiger partial charge in [0.1, 0.15) is 36.1 Å². The molecular weight excluding hydrogens is 1190 g/mol. The molecule has 21 fully saturated rings. The maximum absolute atomic E-state index is 11.8. The monoisotopic (exact) mass is 1280 g/mol. The molecule has 21 aliphatic rings. The first-order valence-corrected chi connectivity index (χ1v) is 35.1. The van der Waals surface area contributed by atoms with Crippen molar-refractivity contribution in [1.29, 1.82) is 26.3 Å². The van der Waals surface area contributed by atoms with E-state index in [2.05, 4.69) is 85.7 Å². The maximum atomic E-state index is 11.8. The van der Waals surface area contributed by atoms with E-state index >= 15 is 0 Å². The fourth-order valence-electron chi connectivity index (χ4n) is 25.5.